The summed E-state index contributed by atoms with van der Waals surface area (Å²) in [6.07, 6.45) is 4.21. The summed E-state index contributed by atoms with van der Waals surface area (Å²) in [4.78, 5) is 0. The second kappa shape index (κ2) is 5.86. The number of allylic oxidation sites excluding steroid dienone is 1. The van der Waals surface area contributed by atoms with Crippen LogP contribution in [0.25, 0.3) is 6.08 Å². The molecule has 0 saturated carbocycles. The van der Waals surface area contributed by atoms with Gasteiger partial charge in [0.2, 0.25) is 0 Å². The highest BCUT2D eigenvalue weighted by atomic mass is 14.2. The first-order valence-electron chi connectivity index (χ1n) is 5.18. The van der Waals surface area contributed by atoms with E-state index in [9.17, 15) is 0 Å². The average Bonchev–Trinajstić information content (AvgIpc) is 2.27. The summed E-state index contributed by atoms with van der Waals surface area (Å²) in [5.74, 6) is 0. The minimum absolute atomic E-state index is 0.696. The third-order valence-corrected chi connectivity index (χ3v) is 2.15. The molecule has 0 aromatic heterocycles. The highest BCUT2D eigenvalue weighted by Gasteiger charge is 1.89. The molecule has 1 heteroatoms. The van der Waals surface area contributed by atoms with Crippen molar-refractivity contribution in [1.82, 2.24) is 0 Å². The Hall–Kier alpha value is -1.77. The Morgan fingerprint density at radius 1 is 1.33 bits per heavy atom. The summed E-state index contributed by atoms with van der Waals surface area (Å²) < 4.78 is 0. The molecule has 0 spiro atoms. The van der Waals surface area contributed by atoms with Crippen LogP contribution in [0.15, 0.2) is 35.6 Å². The number of nitriles is 1. The molecule has 0 radical (unpaired) electrons. The monoisotopic (exact) mass is 197 g/mol. The Bertz CT molecular complexity index is 412. The number of nitrogens with zero attached hydrogens (tertiary/aromatic N) is 1. The van der Waals surface area contributed by atoms with Gasteiger partial charge in [0.15, 0.2) is 0 Å². The summed E-state index contributed by atoms with van der Waals surface area (Å²) in [5.41, 5.74) is 6.29. The van der Waals surface area contributed by atoms with E-state index in [4.69, 9.17) is 5.26 Å². The van der Waals surface area contributed by atoms with Crippen LogP contribution in [-0.2, 0) is 0 Å². The van der Waals surface area contributed by atoms with E-state index in [0.29, 0.717) is 5.56 Å². The molecule has 0 aliphatic carbocycles. The molecule has 76 valence electrons. The topological polar surface area (TPSA) is 23.8 Å². The lowest BCUT2D eigenvalue weighted by molar-refractivity contribution is 0.908. The minimum Gasteiger partial charge on any atom is -0.192 e. The van der Waals surface area contributed by atoms with Crippen LogP contribution in [0.5, 0.6) is 0 Å². The van der Waals surface area contributed by atoms with Gasteiger partial charge in [-0.05, 0) is 42.7 Å². The van der Waals surface area contributed by atoms with E-state index in [0.717, 1.165) is 18.4 Å². The maximum atomic E-state index is 8.64. The maximum absolute atomic E-state index is 8.64. The molecule has 1 nitrogen and oxygen atoms in total. The third kappa shape index (κ3) is 3.85. The van der Waals surface area contributed by atoms with Gasteiger partial charge in [-0.2, -0.15) is 5.26 Å². The minimum atomic E-state index is 0.696. The van der Waals surface area contributed by atoms with Crippen molar-refractivity contribution in [1.29, 1.82) is 5.26 Å². The standard InChI is InChI=1S/C14H15N/c1-3-4-12(2)5-6-13-7-9-14(11-15)10-8-13/h6-10H,3-4H2,1-2H3. The molecule has 0 aliphatic heterocycles. The van der Waals surface area contributed by atoms with Gasteiger partial charge in [0.1, 0.15) is 0 Å². The molecule has 0 N–H and O–H groups in total. The van der Waals surface area contributed by atoms with Crippen LogP contribution < -0.4 is 0 Å². The highest BCUT2D eigenvalue weighted by Crippen LogP contribution is 2.06. The van der Waals surface area contributed by atoms with Gasteiger partial charge in [-0.25, -0.2) is 0 Å². The van der Waals surface area contributed by atoms with E-state index in [1.54, 1.807) is 0 Å². The number of rotatable bonds is 3. The first-order chi connectivity index (χ1) is 7.26. The van der Waals surface area contributed by atoms with Gasteiger partial charge in [0.05, 0.1) is 11.6 Å². The van der Waals surface area contributed by atoms with Crippen molar-refractivity contribution in [2.24, 2.45) is 0 Å². The number of hydrogen-bond acceptors (Lipinski definition) is 1. The maximum Gasteiger partial charge on any atom is 0.0991 e. The quantitative estimate of drug-likeness (QED) is 0.674. The normalized spacial score (nSPS) is 8.87. The predicted octanol–water partition coefficient (Wildman–Crippen LogP) is 3.92. The molecule has 0 heterocycles. The van der Waals surface area contributed by atoms with Crippen LogP contribution in [0.3, 0.4) is 0 Å². The van der Waals surface area contributed by atoms with Gasteiger partial charge < -0.3 is 0 Å². The van der Waals surface area contributed by atoms with E-state index in [2.05, 4.69) is 25.6 Å². The summed E-state index contributed by atoms with van der Waals surface area (Å²) in [7, 11) is 0. The third-order valence-electron chi connectivity index (χ3n) is 2.15. The Morgan fingerprint density at radius 3 is 2.53 bits per heavy atom. The molecule has 0 unspecified atom stereocenters. The molecule has 1 aromatic rings. The molecule has 0 fully saturated rings. The van der Waals surface area contributed by atoms with Crippen LogP contribution in [0, 0.1) is 11.3 Å². The lowest BCUT2D eigenvalue weighted by Gasteiger charge is -1.93. The lowest BCUT2D eigenvalue weighted by atomic mass is 10.1. The van der Waals surface area contributed by atoms with Crippen molar-refractivity contribution in [2.75, 3.05) is 0 Å². The number of benzene rings is 1. The van der Waals surface area contributed by atoms with Crippen molar-refractivity contribution in [2.45, 2.75) is 26.7 Å². The SMILES string of the molecule is CCCC(C)=C=Cc1ccc(C#N)cc1. The Labute approximate surface area is 91.4 Å². The van der Waals surface area contributed by atoms with E-state index < -0.39 is 0 Å². The fourth-order valence-corrected chi connectivity index (χ4v) is 1.31. The highest BCUT2D eigenvalue weighted by molar-refractivity contribution is 5.50. The van der Waals surface area contributed by atoms with Gasteiger partial charge in [0.25, 0.3) is 0 Å². The fraction of sp³-hybridized carbons (Fsp3) is 0.286. The molecular weight excluding hydrogens is 182 g/mol. The number of hydrogen-bond donors (Lipinski definition) is 0. The van der Waals surface area contributed by atoms with Gasteiger partial charge in [-0.3, -0.25) is 0 Å². The van der Waals surface area contributed by atoms with Crippen molar-refractivity contribution in [3.05, 3.63) is 46.7 Å². The Kier molecular flexibility index (Phi) is 4.41. The Morgan fingerprint density at radius 2 is 2.00 bits per heavy atom. The zero-order chi connectivity index (χ0) is 11.1. The molecule has 1 aromatic carbocycles. The van der Waals surface area contributed by atoms with Crippen molar-refractivity contribution in [3.63, 3.8) is 0 Å². The smallest absolute Gasteiger partial charge is 0.0991 e. The first kappa shape index (κ1) is 11.3. The fourth-order valence-electron chi connectivity index (χ4n) is 1.31. The first-order valence-corrected chi connectivity index (χ1v) is 5.18. The molecule has 0 aliphatic rings. The largest absolute Gasteiger partial charge is 0.192 e. The molecule has 0 bridgehead atoms. The van der Waals surface area contributed by atoms with Crippen molar-refractivity contribution >= 4 is 6.08 Å². The van der Waals surface area contributed by atoms with E-state index in [-0.39, 0.29) is 0 Å². The van der Waals surface area contributed by atoms with Crippen LogP contribution in [-0.4, -0.2) is 0 Å². The van der Waals surface area contributed by atoms with E-state index >= 15 is 0 Å². The Balaban J connectivity index is 2.82. The zero-order valence-electron chi connectivity index (χ0n) is 9.25. The van der Waals surface area contributed by atoms with Gasteiger partial charge in [0, 0.05) is 0 Å². The van der Waals surface area contributed by atoms with Crippen LogP contribution in [0.1, 0.15) is 37.8 Å². The van der Waals surface area contributed by atoms with E-state index in [1.165, 1.54) is 5.57 Å². The van der Waals surface area contributed by atoms with Crippen LogP contribution in [0.4, 0.5) is 0 Å². The lowest BCUT2D eigenvalue weighted by Crippen LogP contribution is -1.75. The van der Waals surface area contributed by atoms with Crippen LogP contribution in [0.2, 0.25) is 0 Å². The van der Waals surface area contributed by atoms with Crippen molar-refractivity contribution < 1.29 is 0 Å². The van der Waals surface area contributed by atoms with Crippen LogP contribution >= 0.6 is 0 Å². The predicted molar refractivity (Wildman–Crippen MR) is 63.2 cm³/mol. The van der Waals surface area contributed by atoms with Gasteiger partial charge >= 0.3 is 0 Å². The zero-order valence-corrected chi connectivity index (χ0v) is 9.25. The van der Waals surface area contributed by atoms with Crippen molar-refractivity contribution in [3.8, 4) is 6.07 Å². The second-order valence-electron chi connectivity index (χ2n) is 3.55. The molecule has 0 atom stereocenters. The molecule has 15 heavy (non-hydrogen) atoms. The average molecular weight is 197 g/mol. The molecule has 0 saturated heterocycles. The molecule has 0 amide bonds. The molecular formula is C14H15N. The van der Waals surface area contributed by atoms with Gasteiger partial charge in [-0.1, -0.05) is 25.5 Å². The van der Waals surface area contributed by atoms with Gasteiger partial charge in [-0.15, -0.1) is 5.73 Å². The van der Waals surface area contributed by atoms with E-state index in [1.807, 2.05) is 30.3 Å². The summed E-state index contributed by atoms with van der Waals surface area (Å²) in [5, 5.41) is 8.64. The molecule has 1 rings (SSSR count). The second-order valence-corrected chi connectivity index (χ2v) is 3.55. The summed E-state index contributed by atoms with van der Waals surface area (Å²) in [6, 6.07) is 9.61. The summed E-state index contributed by atoms with van der Waals surface area (Å²) in [6.45, 7) is 4.25. The summed E-state index contributed by atoms with van der Waals surface area (Å²) >= 11 is 0.